The first-order valence-electron chi connectivity index (χ1n) is 7.73. The van der Waals surface area contributed by atoms with Gasteiger partial charge in [0.2, 0.25) is 11.8 Å². The zero-order chi connectivity index (χ0) is 14.1. The van der Waals surface area contributed by atoms with Crippen LogP contribution in [0.1, 0.15) is 77.5 Å². The summed E-state index contributed by atoms with van der Waals surface area (Å²) in [5.74, 6) is 2.08. The number of nitrogens with zero attached hydrogens (tertiary/aromatic N) is 2. The van der Waals surface area contributed by atoms with Crippen molar-refractivity contribution in [3.05, 3.63) is 11.8 Å². The molecule has 0 saturated carbocycles. The molecule has 0 aliphatic rings. The van der Waals surface area contributed by atoms with Gasteiger partial charge in [0.05, 0.1) is 0 Å². The molecule has 1 aromatic rings. The number of rotatable bonds is 10. The van der Waals surface area contributed by atoms with E-state index >= 15 is 0 Å². The largest absolute Gasteiger partial charge is 0.425 e. The van der Waals surface area contributed by atoms with Crippen molar-refractivity contribution in [2.45, 2.75) is 78.2 Å². The molecule has 0 aliphatic heterocycles. The van der Waals surface area contributed by atoms with E-state index in [0.29, 0.717) is 12.0 Å². The summed E-state index contributed by atoms with van der Waals surface area (Å²) in [5, 5.41) is 11.8. The lowest BCUT2D eigenvalue weighted by Crippen LogP contribution is -2.23. The molecule has 19 heavy (non-hydrogen) atoms. The van der Waals surface area contributed by atoms with Gasteiger partial charge in [0.1, 0.15) is 0 Å². The molecule has 0 bridgehead atoms. The van der Waals surface area contributed by atoms with E-state index in [2.05, 4.69) is 43.2 Å². The van der Waals surface area contributed by atoms with Crippen molar-refractivity contribution in [2.24, 2.45) is 0 Å². The van der Waals surface area contributed by atoms with Crippen molar-refractivity contribution in [3.8, 4) is 0 Å². The van der Waals surface area contributed by atoms with E-state index in [4.69, 9.17) is 4.42 Å². The molecule has 4 heteroatoms. The van der Waals surface area contributed by atoms with Crippen LogP contribution in [0.5, 0.6) is 0 Å². The fraction of sp³-hybridized carbons (Fsp3) is 0.867. The summed E-state index contributed by atoms with van der Waals surface area (Å²) in [4.78, 5) is 0. The Bertz CT molecular complexity index is 330. The van der Waals surface area contributed by atoms with Gasteiger partial charge in [-0.05, 0) is 25.8 Å². The van der Waals surface area contributed by atoms with Crippen molar-refractivity contribution >= 4 is 0 Å². The minimum absolute atomic E-state index is 0.449. The maximum Gasteiger partial charge on any atom is 0.219 e. The van der Waals surface area contributed by atoms with E-state index in [1.165, 1.54) is 12.8 Å². The highest BCUT2D eigenvalue weighted by Crippen LogP contribution is 2.25. The Kier molecular flexibility index (Phi) is 7.72. The number of aryl methyl sites for hydroxylation is 1. The number of aromatic nitrogens is 2. The molecule has 1 aromatic heterocycles. The summed E-state index contributed by atoms with van der Waals surface area (Å²) >= 11 is 0. The molecule has 4 nitrogen and oxygen atoms in total. The Morgan fingerprint density at radius 3 is 2.37 bits per heavy atom. The second-order valence-electron chi connectivity index (χ2n) is 5.52. The Labute approximate surface area is 117 Å². The lowest BCUT2D eigenvalue weighted by molar-refractivity contribution is 0.385. The fourth-order valence-corrected chi connectivity index (χ4v) is 2.25. The molecule has 1 N–H and O–H groups in total. The zero-order valence-corrected chi connectivity index (χ0v) is 12.9. The summed E-state index contributed by atoms with van der Waals surface area (Å²) in [7, 11) is 0. The molecule has 0 saturated heterocycles. The molecule has 0 aliphatic carbocycles. The standard InChI is InChI=1S/C15H29N3O/c1-5-8-13(9-6-2)15-18-17-14(19-15)10-7-11-16-12(3)4/h12-13,16H,5-11H2,1-4H3. The van der Waals surface area contributed by atoms with Gasteiger partial charge in [0, 0.05) is 18.4 Å². The van der Waals surface area contributed by atoms with Gasteiger partial charge >= 0.3 is 0 Å². The van der Waals surface area contributed by atoms with E-state index in [9.17, 15) is 0 Å². The topological polar surface area (TPSA) is 51.0 Å². The van der Waals surface area contributed by atoms with Crippen molar-refractivity contribution in [3.63, 3.8) is 0 Å². The average molecular weight is 267 g/mol. The molecule has 0 amide bonds. The zero-order valence-electron chi connectivity index (χ0n) is 12.9. The van der Waals surface area contributed by atoms with Crippen LogP contribution in [0.4, 0.5) is 0 Å². The summed E-state index contributed by atoms with van der Waals surface area (Å²) in [5.41, 5.74) is 0. The summed E-state index contributed by atoms with van der Waals surface area (Å²) < 4.78 is 5.81. The van der Waals surface area contributed by atoms with Crippen LogP contribution < -0.4 is 5.32 Å². The summed E-state index contributed by atoms with van der Waals surface area (Å²) in [6.45, 7) is 9.73. The van der Waals surface area contributed by atoms with Crippen LogP contribution in [0.25, 0.3) is 0 Å². The van der Waals surface area contributed by atoms with Gasteiger partial charge in [-0.2, -0.15) is 0 Å². The minimum Gasteiger partial charge on any atom is -0.425 e. The second-order valence-corrected chi connectivity index (χ2v) is 5.52. The normalized spacial score (nSPS) is 11.7. The number of hydrogen-bond donors (Lipinski definition) is 1. The molecule has 1 heterocycles. The molecule has 0 aromatic carbocycles. The number of nitrogens with one attached hydrogen (secondary N) is 1. The molecule has 110 valence electrons. The van der Waals surface area contributed by atoms with Gasteiger partial charge < -0.3 is 9.73 Å². The van der Waals surface area contributed by atoms with E-state index < -0.39 is 0 Å². The predicted molar refractivity (Wildman–Crippen MR) is 78.3 cm³/mol. The van der Waals surface area contributed by atoms with E-state index in [1.54, 1.807) is 0 Å². The van der Waals surface area contributed by atoms with Gasteiger partial charge in [0.15, 0.2) is 0 Å². The first kappa shape index (κ1) is 16.2. The molecule has 0 unspecified atom stereocenters. The SMILES string of the molecule is CCCC(CCC)c1nnc(CCCNC(C)C)o1. The minimum atomic E-state index is 0.449. The second kappa shape index (κ2) is 9.08. The van der Waals surface area contributed by atoms with Crippen molar-refractivity contribution in [1.29, 1.82) is 0 Å². The average Bonchev–Trinajstić information content (AvgIpc) is 2.83. The molecular formula is C15H29N3O. The van der Waals surface area contributed by atoms with Gasteiger partial charge in [-0.3, -0.25) is 0 Å². The van der Waals surface area contributed by atoms with Crippen LogP contribution >= 0.6 is 0 Å². The van der Waals surface area contributed by atoms with Crippen LogP contribution in [0, 0.1) is 0 Å². The van der Waals surface area contributed by atoms with Crippen molar-refractivity contribution < 1.29 is 4.42 Å². The van der Waals surface area contributed by atoms with Gasteiger partial charge in [-0.25, -0.2) is 0 Å². The van der Waals surface area contributed by atoms with Gasteiger partial charge in [0.25, 0.3) is 0 Å². The van der Waals surface area contributed by atoms with Crippen LogP contribution in [-0.4, -0.2) is 22.8 Å². The highest BCUT2D eigenvalue weighted by atomic mass is 16.4. The smallest absolute Gasteiger partial charge is 0.219 e. The lowest BCUT2D eigenvalue weighted by Gasteiger charge is -2.09. The van der Waals surface area contributed by atoms with Crippen LogP contribution in [0.15, 0.2) is 4.42 Å². The third-order valence-electron chi connectivity index (χ3n) is 3.23. The quantitative estimate of drug-likeness (QED) is 0.657. The van der Waals surface area contributed by atoms with Crippen molar-refractivity contribution in [1.82, 2.24) is 15.5 Å². The molecule has 0 atom stereocenters. The molecule has 0 spiro atoms. The Morgan fingerprint density at radius 1 is 1.11 bits per heavy atom. The molecular weight excluding hydrogens is 238 g/mol. The van der Waals surface area contributed by atoms with Crippen LogP contribution in [-0.2, 0) is 6.42 Å². The van der Waals surface area contributed by atoms with E-state index in [1.807, 2.05) is 0 Å². The maximum atomic E-state index is 5.81. The lowest BCUT2D eigenvalue weighted by atomic mass is 9.98. The maximum absolute atomic E-state index is 5.81. The summed E-state index contributed by atoms with van der Waals surface area (Å²) in [6.07, 6.45) is 6.54. The fourth-order valence-electron chi connectivity index (χ4n) is 2.25. The van der Waals surface area contributed by atoms with Crippen LogP contribution in [0.3, 0.4) is 0 Å². The van der Waals surface area contributed by atoms with E-state index in [-0.39, 0.29) is 0 Å². The third-order valence-corrected chi connectivity index (χ3v) is 3.23. The first-order valence-corrected chi connectivity index (χ1v) is 7.73. The number of hydrogen-bond acceptors (Lipinski definition) is 4. The predicted octanol–water partition coefficient (Wildman–Crippen LogP) is 3.68. The first-order chi connectivity index (χ1) is 9.17. The van der Waals surface area contributed by atoms with Crippen LogP contribution in [0.2, 0.25) is 0 Å². The molecule has 0 fully saturated rings. The third kappa shape index (κ3) is 6.19. The molecule has 0 radical (unpaired) electrons. The Morgan fingerprint density at radius 2 is 1.79 bits per heavy atom. The Balaban J connectivity index is 2.41. The highest BCUT2D eigenvalue weighted by molar-refractivity contribution is 4.91. The Hall–Kier alpha value is -0.900. The summed E-state index contributed by atoms with van der Waals surface area (Å²) in [6, 6.07) is 0.539. The van der Waals surface area contributed by atoms with Crippen molar-refractivity contribution in [2.75, 3.05) is 6.54 Å². The van der Waals surface area contributed by atoms with Gasteiger partial charge in [-0.15, -0.1) is 10.2 Å². The van der Waals surface area contributed by atoms with Gasteiger partial charge in [-0.1, -0.05) is 40.5 Å². The highest BCUT2D eigenvalue weighted by Gasteiger charge is 2.16. The molecule has 1 rings (SSSR count). The van der Waals surface area contributed by atoms with E-state index in [0.717, 1.165) is 44.0 Å². The monoisotopic (exact) mass is 267 g/mol.